The van der Waals surface area contributed by atoms with E-state index < -0.39 is 11.4 Å². The van der Waals surface area contributed by atoms with Gasteiger partial charge in [-0.25, -0.2) is 4.79 Å². The molecule has 2 heterocycles. The summed E-state index contributed by atoms with van der Waals surface area (Å²) in [7, 11) is 0. The highest BCUT2D eigenvalue weighted by molar-refractivity contribution is 6.16. The molecule has 0 bridgehead atoms. The third-order valence-electron chi connectivity index (χ3n) is 3.66. The first kappa shape index (κ1) is 12.5. The molecule has 0 fully saturated rings. The third kappa shape index (κ3) is 1.69. The molecule has 2 aromatic carbocycles. The second-order valence-corrected chi connectivity index (χ2v) is 4.96. The second-order valence-electron chi connectivity index (χ2n) is 4.96. The van der Waals surface area contributed by atoms with Crippen molar-refractivity contribution in [3.8, 4) is 0 Å². The highest BCUT2D eigenvalue weighted by Gasteiger charge is 2.15. The zero-order valence-corrected chi connectivity index (χ0v) is 11.2. The minimum atomic E-state index is -1.27. The van der Waals surface area contributed by atoms with Gasteiger partial charge in [0.1, 0.15) is 0 Å². The lowest BCUT2D eigenvalue weighted by atomic mass is 10.0. The Labute approximate surface area is 123 Å². The average molecular weight is 291 g/mol. The van der Waals surface area contributed by atoms with E-state index in [0.717, 1.165) is 16.8 Å². The first-order valence-electron chi connectivity index (χ1n) is 6.63. The molecule has 4 rings (SSSR count). The molecular weight excluding hydrogens is 282 g/mol. The van der Waals surface area contributed by atoms with Crippen molar-refractivity contribution in [3.63, 3.8) is 0 Å². The van der Waals surface area contributed by atoms with Crippen LogP contribution in [0.4, 0.5) is 0 Å². The van der Waals surface area contributed by atoms with Crippen molar-refractivity contribution in [3.05, 3.63) is 64.6 Å². The van der Waals surface area contributed by atoms with Crippen LogP contribution in [0.3, 0.4) is 0 Å². The minimum Gasteiger partial charge on any atom is -0.475 e. The predicted octanol–water partition coefficient (Wildman–Crippen LogP) is 3.19. The van der Waals surface area contributed by atoms with Crippen LogP contribution in [0.1, 0.15) is 10.6 Å². The number of aromatic nitrogens is 1. The number of aromatic carboxylic acids is 1. The van der Waals surface area contributed by atoms with Crippen LogP contribution in [0, 0.1) is 0 Å². The number of hydrogen-bond acceptors (Lipinski definition) is 4. The molecule has 22 heavy (non-hydrogen) atoms. The van der Waals surface area contributed by atoms with Gasteiger partial charge in [0.15, 0.2) is 11.0 Å². The van der Waals surface area contributed by atoms with Crippen LogP contribution in [0.15, 0.2) is 57.9 Å². The SMILES string of the molecule is O=C(O)c1cc(=O)c2cnc3ccc4ccccc4c3c2o1. The van der Waals surface area contributed by atoms with Crippen LogP contribution in [-0.2, 0) is 0 Å². The molecule has 0 unspecified atom stereocenters. The third-order valence-corrected chi connectivity index (χ3v) is 3.66. The summed E-state index contributed by atoms with van der Waals surface area (Å²) >= 11 is 0. The van der Waals surface area contributed by atoms with E-state index in [0.29, 0.717) is 10.9 Å². The molecule has 106 valence electrons. The number of fused-ring (bicyclic) bond motifs is 5. The summed E-state index contributed by atoms with van der Waals surface area (Å²) in [5.41, 5.74) is 0.490. The zero-order chi connectivity index (χ0) is 15.3. The lowest BCUT2D eigenvalue weighted by Crippen LogP contribution is -2.07. The van der Waals surface area contributed by atoms with E-state index in [1.165, 1.54) is 6.20 Å². The Morgan fingerprint density at radius 2 is 1.91 bits per heavy atom. The van der Waals surface area contributed by atoms with Gasteiger partial charge >= 0.3 is 5.97 Å². The summed E-state index contributed by atoms with van der Waals surface area (Å²) in [5, 5.41) is 11.9. The van der Waals surface area contributed by atoms with Crippen molar-refractivity contribution in [2.45, 2.75) is 0 Å². The van der Waals surface area contributed by atoms with Gasteiger partial charge in [-0.05, 0) is 16.8 Å². The van der Waals surface area contributed by atoms with Crippen molar-refractivity contribution in [2.75, 3.05) is 0 Å². The molecule has 0 aliphatic carbocycles. The number of rotatable bonds is 1. The summed E-state index contributed by atoms with van der Waals surface area (Å²) in [6.07, 6.45) is 1.42. The van der Waals surface area contributed by atoms with E-state index in [4.69, 9.17) is 9.52 Å². The molecule has 0 atom stereocenters. The van der Waals surface area contributed by atoms with E-state index in [1.807, 2.05) is 36.4 Å². The van der Waals surface area contributed by atoms with Gasteiger partial charge in [-0.15, -0.1) is 0 Å². The van der Waals surface area contributed by atoms with Crippen LogP contribution in [0.2, 0.25) is 0 Å². The van der Waals surface area contributed by atoms with Crippen LogP contribution < -0.4 is 5.43 Å². The van der Waals surface area contributed by atoms with E-state index >= 15 is 0 Å². The molecule has 0 saturated heterocycles. The number of carboxylic acid groups (broad SMARTS) is 1. The first-order chi connectivity index (χ1) is 10.6. The van der Waals surface area contributed by atoms with Crippen LogP contribution in [0.5, 0.6) is 0 Å². The largest absolute Gasteiger partial charge is 0.475 e. The Kier molecular flexibility index (Phi) is 2.50. The van der Waals surface area contributed by atoms with Crippen LogP contribution >= 0.6 is 0 Å². The Bertz CT molecular complexity index is 1130. The van der Waals surface area contributed by atoms with Gasteiger partial charge in [-0.2, -0.15) is 0 Å². The van der Waals surface area contributed by atoms with E-state index in [-0.39, 0.29) is 16.7 Å². The highest BCUT2D eigenvalue weighted by atomic mass is 16.4. The Morgan fingerprint density at radius 3 is 2.73 bits per heavy atom. The molecule has 0 amide bonds. The van der Waals surface area contributed by atoms with Gasteiger partial charge in [-0.1, -0.05) is 30.3 Å². The maximum absolute atomic E-state index is 12.1. The molecule has 1 N–H and O–H groups in total. The average Bonchev–Trinajstić information content (AvgIpc) is 2.53. The van der Waals surface area contributed by atoms with E-state index in [1.54, 1.807) is 0 Å². The van der Waals surface area contributed by atoms with Crippen molar-refractivity contribution in [1.82, 2.24) is 4.98 Å². The van der Waals surface area contributed by atoms with Crippen LogP contribution in [-0.4, -0.2) is 16.1 Å². The van der Waals surface area contributed by atoms with Crippen molar-refractivity contribution in [1.29, 1.82) is 0 Å². The van der Waals surface area contributed by atoms with Gasteiger partial charge in [0, 0.05) is 12.3 Å². The van der Waals surface area contributed by atoms with Crippen molar-refractivity contribution < 1.29 is 14.3 Å². The van der Waals surface area contributed by atoms with Gasteiger partial charge in [0.2, 0.25) is 5.76 Å². The van der Waals surface area contributed by atoms with Gasteiger partial charge in [-0.3, -0.25) is 9.78 Å². The molecule has 0 aliphatic heterocycles. The normalized spacial score (nSPS) is 11.3. The smallest absolute Gasteiger partial charge is 0.371 e. The number of carbonyl (C=O) groups is 1. The molecule has 5 heteroatoms. The molecule has 0 saturated carbocycles. The van der Waals surface area contributed by atoms with Crippen molar-refractivity contribution in [2.24, 2.45) is 0 Å². The molecule has 5 nitrogen and oxygen atoms in total. The number of pyridine rings is 1. The summed E-state index contributed by atoms with van der Waals surface area (Å²) in [6.45, 7) is 0. The lowest BCUT2D eigenvalue weighted by Gasteiger charge is -2.06. The number of hydrogen-bond donors (Lipinski definition) is 1. The Hall–Kier alpha value is -3.21. The highest BCUT2D eigenvalue weighted by Crippen LogP contribution is 2.30. The molecular formula is C17H9NO4. The topological polar surface area (TPSA) is 80.4 Å². The first-order valence-corrected chi connectivity index (χ1v) is 6.63. The maximum Gasteiger partial charge on any atom is 0.371 e. The molecule has 0 spiro atoms. The lowest BCUT2D eigenvalue weighted by molar-refractivity contribution is 0.0663. The summed E-state index contributed by atoms with van der Waals surface area (Å²) in [5.74, 6) is -1.65. The fraction of sp³-hybridized carbons (Fsp3) is 0. The predicted molar refractivity (Wildman–Crippen MR) is 82.3 cm³/mol. The zero-order valence-electron chi connectivity index (χ0n) is 11.2. The van der Waals surface area contributed by atoms with Gasteiger partial charge in [0.05, 0.1) is 16.3 Å². The maximum atomic E-state index is 12.1. The van der Waals surface area contributed by atoms with Gasteiger partial charge < -0.3 is 9.52 Å². The molecule has 0 aliphatic rings. The summed E-state index contributed by atoms with van der Waals surface area (Å²) in [6, 6.07) is 12.3. The second kappa shape index (κ2) is 4.39. The summed E-state index contributed by atoms with van der Waals surface area (Å²) < 4.78 is 5.49. The Morgan fingerprint density at radius 1 is 1.09 bits per heavy atom. The van der Waals surface area contributed by atoms with E-state index in [9.17, 15) is 9.59 Å². The summed E-state index contributed by atoms with van der Waals surface area (Å²) in [4.78, 5) is 27.6. The molecule has 4 aromatic rings. The fourth-order valence-corrected chi connectivity index (χ4v) is 2.66. The number of nitrogens with zero attached hydrogens (tertiary/aromatic N) is 1. The Balaban J connectivity index is 2.33. The van der Waals surface area contributed by atoms with E-state index in [2.05, 4.69) is 4.98 Å². The monoisotopic (exact) mass is 291 g/mol. The molecule has 0 radical (unpaired) electrons. The quantitative estimate of drug-likeness (QED) is 0.545. The number of carboxylic acids is 1. The number of benzene rings is 2. The fourth-order valence-electron chi connectivity index (χ4n) is 2.66. The minimum absolute atomic E-state index is 0.256. The molecule has 2 aromatic heterocycles. The van der Waals surface area contributed by atoms with Gasteiger partial charge in [0.25, 0.3) is 0 Å². The van der Waals surface area contributed by atoms with Crippen LogP contribution in [0.25, 0.3) is 32.6 Å². The standard InChI is InChI=1S/C17H9NO4/c19-13-7-14(17(20)21)22-16-11(13)8-18-12-6-5-9-3-1-2-4-10(9)15(12)16/h1-8H,(H,20,21). The van der Waals surface area contributed by atoms with Crippen molar-refractivity contribution >= 4 is 38.6 Å².